The Balaban J connectivity index is 0.000000136. The molecule has 0 saturated heterocycles. The Morgan fingerprint density at radius 3 is 1.36 bits per heavy atom. The summed E-state index contributed by atoms with van der Waals surface area (Å²) in [7, 11) is 0.795. The Morgan fingerprint density at radius 2 is 0.859 bits per heavy atom. The summed E-state index contributed by atoms with van der Waals surface area (Å²) >= 11 is 0. The van der Waals surface area contributed by atoms with Gasteiger partial charge in [-0.3, -0.25) is 0 Å². The van der Waals surface area contributed by atoms with Crippen LogP contribution in [0.4, 0.5) is 0 Å². The molecule has 0 N–H and O–H groups in total. The van der Waals surface area contributed by atoms with Gasteiger partial charge in [0.15, 0.2) is 0 Å². The minimum atomic E-state index is 0. The average Bonchev–Trinajstić information content (AvgIpc) is 4.10. The molecule has 11 rings (SSSR count). The van der Waals surface area contributed by atoms with Crippen LogP contribution in [0.3, 0.4) is 0 Å². The summed E-state index contributed by atoms with van der Waals surface area (Å²) in [5.74, 6) is 1.13. The van der Waals surface area contributed by atoms with Crippen LogP contribution < -0.4 is 10.4 Å². The van der Waals surface area contributed by atoms with E-state index in [0.717, 1.165) is 22.4 Å². The van der Waals surface area contributed by atoms with Crippen molar-refractivity contribution < 1.29 is 25.8 Å². The van der Waals surface area contributed by atoms with Gasteiger partial charge < -0.3 is 0 Å². The van der Waals surface area contributed by atoms with Crippen molar-refractivity contribution in [3.63, 3.8) is 0 Å². The first-order valence-corrected chi connectivity index (χ1v) is 23.6. The summed E-state index contributed by atoms with van der Waals surface area (Å²) in [6.07, 6.45) is 2.31. The summed E-state index contributed by atoms with van der Waals surface area (Å²) in [5, 5.41) is 8.14. The number of rotatable bonds is 8. The quantitative estimate of drug-likeness (QED) is 0.105. The normalized spacial score (nSPS) is 12.2. The fourth-order valence-electron chi connectivity index (χ4n) is 9.04. The van der Waals surface area contributed by atoms with Gasteiger partial charge in [-0.05, 0) is 46.9 Å². The number of benzene rings is 8. The Labute approximate surface area is 402 Å². The van der Waals surface area contributed by atoms with Crippen molar-refractivity contribution in [2.24, 2.45) is 0 Å². The van der Waals surface area contributed by atoms with E-state index in [0.29, 0.717) is 11.8 Å². The standard InChI is InChI=1S/2C25H23.C12H7Si.Hf/c2*1-3-18(2)22-13-7-8-14-23(22)24-15-9-12-20-16-21(17-25(20)24)19-10-5-4-6-11-19;1-3-7-11-9(5-1)10-6-2-4-8-12(10)13-11;/h2*4-18H,3H2,1-2H3;1-7H;/q3*-1;. The summed E-state index contributed by atoms with van der Waals surface area (Å²) in [4.78, 5) is 0. The zero-order valence-corrected chi connectivity index (χ0v) is 41.9. The molecule has 0 aliphatic carbocycles. The van der Waals surface area contributed by atoms with Crippen molar-refractivity contribution >= 4 is 41.4 Å². The summed E-state index contributed by atoms with van der Waals surface area (Å²) < 4.78 is 0. The van der Waals surface area contributed by atoms with Gasteiger partial charge in [-0.2, -0.15) is 29.5 Å². The molecular formula is C62H53HfSi-3. The molecule has 0 aromatic heterocycles. The summed E-state index contributed by atoms with van der Waals surface area (Å²) in [6, 6.07) is 79.8. The van der Waals surface area contributed by atoms with Crippen molar-refractivity contribution in [2.45, 2.75) is 52.4 Å². The average molecular weight is 1000 g/mol. The van der Waals surface area contributed by atoms with Gasteiger partial charge in [0.1, 0.15) is 0 Å². The minimum Gasteiger partial charge on any atom is -0.184 e. The van der Waals surface area contributed by atoms with E-state index in [9.17, 15) is 0 Å². The number of hydrogen-bond donors (Lipinski definition) is 0. The van der Waals surface area contributed by atoms with E-state index in [1.54, 1.807) is 0 Å². The van der Waals surface area contributed by atoms with Crippen LogP contribution in [0.5, 0.6) is 0 Å². The van der Waals surface area contributed by atoms with Gasteiger partial charge in [-0.1, -0.05) is 218 Å². The predicted octanol–water partition coefficient (Wildman–Crippen LogP) is 15.9. The number of hydrogen-bond acceptors (Lipinski definition) is 0. The Morgan fingerprint density at radius 1 is 0.438 bits per heavy atom. The molecule has 10 aromatic carbocycles. The molecule has 2 radical (unpaired) electrons. The molecule has 0 bridgehead atoms. The van der Waals surface area contributed by atoms with Crippen LogP contribution in [-0.2, 0) is 25.8 Å². The van der Waals surface area contributed by atoms with Crippen LogP contribution in [0.2, 0.25) is 0 Å². The van der Waals surface area contributed by atoms with Crippen molar-refractivity contribution in [1.29, 1.82) is 0 Å². The first-order chi connectivity index (χ1) is 31.0. The third-order valence-electron chi connectivity index (χ3n) is 12.8. The van der Waals surface area contributed by atoms with E-state index in [2.05, 4.69) is 240 Å². The van der Waals surface area contributed by atoms with Crippen LogP contribution in [0.1, 0.15) is 63.5 Å². The molecule has 0 saturated carbocycles. The Kier molecular flexibility index (Phi) is 14.5. The van der Waals surface area contributed by atoms with Gasteiger partial charge in [0.05, 0.1) is 9.52 Å². The van der Waals surface area contributed by atoms with Crippen molar-refractivity contribution in [3.8, 4) is 55.6 Å². The molecule has 0 nitrogen and oxygen atoms in total. The zero-order valence-electron chi connectivity index (χ0n) is 37.3. The van der Waals surface area contributed by atoms with E-state index in [1.165, 1.54) is 98.7 Å². The fraction of sp³-hybridized carbons (Fsp3) is 0.129. The maximum absolute atomic E-state index is 3.31. The largest absolute Gasteiger partial charge is 0.184 e. The first-order valence-electron chi connectivity index (χ1n) is 22.6. The van der Waals surface area contributed by atoms with Gasteiger partial charge >= 0.3 is 0 Å². The molecule has 10 aromatic rings. The molecule has 1 aliphatic heterocycles. The van der Waals surface area contributed by atoms with Crippen LogP contribution in [0.15, 0.2) is 212 Å². The second-order valence-corrected chi connectivity index (χ2v) is 18.0. The van der Waals surface area contributed by atoms with Gasteiger partial charge in [0.25, 0.3) is 0 Å². The minimum absolute atomic E-state index is 0. The molecule has 1 aliphatic rings. The third-order valence-corrected chi connectivity index (χ3v) is 14.2. The third kappa shape index (κ3) is 9.46. The molecule has 312 valence electrons. The summed E-state index contributed by atoms with van der Waals surface area (Å²) in [5.41, 5.74) is 16.2. The van der Waals surface area contributed by atoms with Gasteiger partial charge in [0.2, 0.25) is 0 Å². The molecular weight excluding hydrogens is 951 g/mol. The van der Waals surface area contributed by atoms with Gasteiger partial charge in [-0.15, -0.1) is 74.6 Å². The van der Waals surface area contributed by atoms with Crippen molar-refractivity contribution in [2.75, 3.05) is 0 Å². The molecule has 2 atom stereocenters. The smallest absolute Gasteiger partial charge is 0.0920 e. The van der Waals surface area contributed by atoms with Gasteiger partial charge in [0, 0.05) is 25.8 Å². The molecule has 0 spiro atoms. The molecule has 0 amide bonds. The van der Waals surface area contributed by atoms with E-state index < -0.39 is 0 Å². The monoisotopic (exact) mass is 1010 g/mol. The van der Waals surface area contributed by atoms with E-state index in [-0.39, 0.29) is 25.8 Å². The zero-order chi connectivity index (χ0) is 43.1. The molecule has 2 heteroatoms. The van der Waals surface area contributed by atoms with Gasteiger partial charge in [-0.25, -0.2) is 0 Å². The Bertz CT molecular complexity index is 2890. The van der Waals surface area contributed by atoms with E-state index in [1.807, 2.05) is 6.07 Å². The fourth-order valence-corrected chi connectivity index (χ4v) is 10.4. The molecule has 64 heavy (non-hydrogen) atoms. The van der Waals surface area contributed by atoms with Crippen LogP contribution in [0.25, 0.3) is 77.2 Å². The maximum atomic E-state index is 3.31. The second-order valence-electron chi connectivity index (χ2n) is 16.8. The van der Waals surface area contributed by atoms with Crippen molar-refractivity contribution in [1.82, 2.24) is 0 Å². The molecule has 1 heterocycles. The topological polar surface area (TPSA) is 0 Å². The Hall–Kier alpha value is -5.93. The molecule has 2 unspecified atom stereocenters. The van der Waals surface area contributed by atoms with Crippen LogP contribution in [0, 0.1) is 6.07 Å². The van der Waals surface area contributed by atoms with Crippen molar-refractivity contribution in [3.05, 3.63) is 230 Å². The summed E-state index contributed by atoms with van der Waals surface area (Å²) in [6.45, 7) is 9.16. The SMILES string of the molecule is CCC(C)c1ccccc1-c1cccc2[cH-]c(-c3ccccc3)cc12.CCC(C)c1ccccc1-c1cccc2[cH-]c(-c3ccccc3)cc12.[Hf].[c-]1cccc2c1[Si]c1ccccc1-2. The maximum Gasteiger partial charge on any atom is 0.0920 e. The molecule has 0 fully saturated rings. The first kappa shape index (κ1) is 44.7. The van der Waals surface area contributed by atoms with E-state index >= 15 is 0 Å². The predicted molar refractivity (Wildman–Crippen MR) is 274 cm³/mol. The number of fused-ring (bicyclic) bond motifs is 5. The van der Waals surface area contributed by atoms with Crippen LogP contribution in [-0.4, -0.2) is 9.52 Å². The van der Waals surface area contributed by atoms with Crippen LogP contribution >= 0.6 is 0 Å². The van der Waals surface area contributed by atoms with E-state index in [4.69, 9.17) is 0 Å². The second kappa shape index (κ2) is 20.7.